The second kappa shape index (κ2) is 8.02. The van der Waals surface area contributed by atoms with Crippen LogP contribution in [0.15, 0.2) is 0 Å². The van der Waals surface area contributed by atoms with E-state index in [4.69, 9.17) is 9.47 Å². The van der Waals surface area contributed by atoms with Gasteiger partial charge < -0.3 is 9.47 Å². The Morgan fingerprint density at radius 3 is 2.64 bits per heavy atom. The monoisotopic (exact) mass is 160 g/mol. The Kier molecular flexibility index (Phi) is 7.96. The topological polar surface area (TPSA) is 18.5 Å². The minimum atomic E-state index is 0.491. The van der Waals surface area contributed by atoms with Crippen molar-refractivity contribution >= 4 is 0 Å². The molecule has 2 heteroatoms. The second-order valence-electron chi connectivity index (χ2n) is 2.42. The van der Waals surface area contributed by atoms with Gasteiger partial charge in [0, 0.05) is 20.3 Å². The van der Waals surface area contributed by atoms with Crippen LogP contribution in [0.3, 0.4) is 0 Å². The molecule has 0 aromatic heterocycles. The van der Waals surface area contributed by atoms with Crippen LogP contribution in [0.25, 0.3) is 0 Å². The van der Waals surface area contributed by atoms with Gasteiger partial charge in [0.1, 0.15) is 0 Å². The molecular formula is C9H20O2. The van der Waals surface area contributed by atoms with Crippen molar-refractivity contribution in [1.29, 1.82) is 0 Å². The second-order valence-corrected chi connectivity index (χ2v) is 2.42. The standard InChI is InChI=1S/C7H14O2.C2H6/c1-8-6-4-7-3-2-5-9-7;1-2/h7H,2-6H2,1H3;1-2H3. The summed E-state index contributed by atoms with van der Waals surface area (Å²) >= 11 is 0. The highest BCUT2D eigenvalue weighted by atomic mass is 16.5. The third-order valence-corrected chi connectivity index (χ3v) is 1.67. The summed E-state index contributed by atoms with van der Waals surface area (Å²) in [5.41, 5.74) is 0. The van der Waals surface area contributed by atoms with Gasteiger partial charge in [0.15, 0.2) is 0 Å². The molecule has 2 nitrogen and oxygen atoms in total. The molecular weight excluding hydrogens is 140 g/mol. The average molecular weight is 160 g/mol. The van der Waals surface area contributed by atoms with E-state index in [0.717, 1.165) is 19.6 Å². The van der Waals surface area contributed by atoms with E-state index in [9.17, 15) is 0 Å². The zero-order valence-corrected chi connectivity index (χ0v) is 7.93. The van der Waals surface area contributed by atoms with Crippen LogP contribution >= 0.6 is 0 Å². The molecule has 0 aliphatic carbocycles. The molecule has 1 aliphatic rings. The first-order valence-corrected chi connectivity index (χ1v) is 4.54. The Bertz CT molecular complexity index is 68.0. The first-order chi connectivity index (χ1) is 5.43. The molecule has 0 bridgehead atoms. The molecule has 0 aromatic carbocycles. The molecule has 0 aromatic rings. The van der Waals surface area contributed by atoms with Crippen molar-refractivity contribution < 1.29 is 9.47 Å². The summed E-state index contributed by atoms with van der Waals surface area (Å²) in [5, 5.41) is 0. The lowest BCUT2D eigenvalue weighted by Gasteiger charge is -2.06. The van der Waals surface area contributed by atoms with E-state index in [2.05, 4.69) is 0 Å². The largest absolute Gasteiger partial charge is 0.385 e. The van der Waals surface area contributed by atoms with Gasteiger partial charge >= 0.3 is 0 Å². The summed E-state index contributed by atoms with van der Waals surface area (Å²) in [6.45, 7) is 5.79. The van der Waals surface area contributed by atoms with E-state index in [1.807, 2.05) is 13.8 Å². The summed E-state index contributed by atoms with van der Waals surface area (Å²) in [6, 6.07) is 0. The van der Waals surface area contributed by atoms with Crippen LogP contribution in [0.2, 0.25) is 0 Å². The number of rotatable bonds is 3. The summed E-state index contributed by atoms with van der Waals surface area (Å²) in [7, 11) is 1.73. The summed E-state index contributed by atoms with van der Waals surface area (Å²) in [4.78, 5) is 0. The molecule has 0 radical (unpaired) electrons. The van der Waals surface area contributed by atoms with Crippen LogP contribution in [0, 0.1) is 0 Å². The fraction of sp³-hybridized carbons (Fsp3) is 1.00. The lowest BCUT2D eigenvalue weighted by molar-refractivity contribution is 0.0752. The van der Waals surface area contributed by atoms with Crippen molar-refractivity contribution in [3.8, 4) is 0 Å². The van der Waals surface area contributed by atoms with Gasteiger partial charge in [-0.05, 0) is 19.3 Å². The van der Waals surface area contributed by atoms with E-state index in [1.54, 1.807) is 7.11 Å². The molecule has 1 heterocycles. The smallest absolute Gasteiger partial charge is 0.0597 e. The third-order valence-electron chi connectivity index (χ3n) is 1.67. The van der Waals surface area contributed by atoms with Crippen LogP contribution in [0.5, 0.6) is 0 Å². The van der Waals surface area contributed by atoms with Crippen LogP contribution in [0.1, 0.15) is 33.1 Å². The van der Waals surface area contributed by atoms with Crippen molar-refractivity contribution in [2.45, 2.75) is 39.2 Å². The summed E-state index contributed by atoms with van der Waals surface area (Å²) in [5.74, 6) is 0. The molecule has 68 valence electrons. The van der Waals surface area contributed by atoms with Gasteiger partial charge in [-0.25, -0.2) is 0 Å². The van der Waals surface area contributed by atoms with Gasteiger partial charge in [-0.2, -0.15) is 0 Å². The maximum absolute atomic E-state index is 5.38. The summed E-state index contributed by atoms with van der Waals surface area (Å²) < 4.78 is 10.3. The molecule has 1 unspecified atom stereocenters. The highest BCUT2D eigenvalue weighted by molar-refractivity contribution is 4.63. The quantitative estimate of drug-likeness (QED) is 0.630. The predicted octanol–water partition coefficient (Wildman–Crippen LogP) is 2.23. The molecule has 0 spiro atoms. The van der Waals surface area contributed by atoms with Crippen molar-refractivity contribution in [3.63, 3.8) is 0 Å². The van der Waals surface area contributed by atoms with E-state index < -0.39 is 0 Å². The third kappa shape index (κ3) is 5.22. The van der Waals surface area contributed by atoms with E-state index >= 15 is 0 Å². The number of methoxy groups -OCH3 is 1. The number of hydrogen-bond donors (Lipinski definition) is 0. The van der Waals surface area contributed by atoms with Crippen molar-refractivity contribution in [3.05, 3.63) is 0 Å². The lowest BCUT2D eigenvalue weighted by Crippen LogP contribution is -2.07. The number of ether oxygens (including phenoxy) is 2. The predicted molar refractivity (Wildman–Crippen MR) is 46.8 cm³/mol. The van der Waals surface area contributed by atoms with Gasteiger partial charge in [0.2, 0.25) is 0 Å². The molecule has 0 N–H and O–H groups in total. The Morgan fingerprint density at radius 1 is 1.45 bits per heavy atom. The van der Waals surface area contributed by atoms with Gasteiger partial charge in [0.05, 0.1) is 6.10 Å². The minimum Gasteiger partial charge on any atom is -0.385 e. The molecule has 11 heavy (non-hydrogen) atoms. The normalized spacial score (nSPS) is 22.6. The maximum Gasteiger partial charge on any atom is 0.0597 e. The average Bonchev–Trinajstić information content (AvgIpc) is 2.57. The fourth-order valence-electron chi connectivity index (χ4n) is 1.12. The highest BCUT2D eigenvalue weighted by Crippen LogP contribution is 2.14. The zero-order chi connectivity index (χ0) is 8.53. The zero-order valence-electron chi connectivity index (χ0n) is 7.93. The Labute approximate surface area is 69.9 Å². The van der Waals surface area contributed by atoms with Crippen LogP contribution in [0.4, 0.5) is 0 Å². The maximum atomic E-state index is 5.38. The Balaban J connectivity index is 0.000000461. The van der Waals surface area contributed by atoms with Gasteiger partial charge in [-0.1, -0.05) is 13.8 Å². The molecule has 1 saturated heterocycles. The first kappa shape index (κ1) is 10.9. The molecule has 1 fully saturated rings. The van der Waals surface area contributed by atoms with Crippen LogP contribution in [-0.4, -0.2) is 26.4 Å². The van der Waals surface area contributed by atoms with Gasteiger partial charge in [-0.3, -0.25) is 0 Å². The van der Waals surface area contributed by atoms with E-state index in [1.165, 1.54) is 12.8 Å². The van der Waals surface area contributed by atoms with Crippen molar-refractivity contribution in [2.24, 2.45) is 0 Å². The Morgan fingerprint density at radius 2 is 2.18 bits per heavy atom. The molecule has 1 aliphatic heterocycles. The molecule has 0 saturated carbocycles. The first-order valence-electron chi connectivity index (χ1n) is 4.54. The van der Waals surface area contributed by atoms with Crippen molar-refractivity contribution in [2.75, 3.05) is 20.3 Å². The van der Waals surface area contributed by atoms with E-state index in [0.29, 0.717) is 6.10 Å². The number of hydrogen-bond acceptors (Lipinski definition) is 2. The lowest BCUT2D eigenvalue weighted by atomic mass is 10.2. The van der Waals surface area contributed by atoms with Gasteiger partial charge in [-0.15, -0.1) is 0 Å². The minimum absolute atomic E-state index is 0.491. The van der Waals surface area contributed by atoms with Crippen LogP contribution in [-0.2, 0) is 9.47 Å². The van der Waals surface area contributed by atoms with Crippen molar-refractivity contribution in [1.82, 2.24) is 0 Å². The Hall–Kier alpha value is -0.0800. The van der Waals surface area contributed by atoms with Crippen LogP contribution < -0.4 is 0 Å². The molecule has 1 atom stereocenters. The van der Waals surface area contributed by atoms with E-state index in [-0.39, 0.29) is 0 Å². The molecule has 0 amide bonds. The molecule has 1 rings (SSSR count). The highest BCUT2D eigenvalue weighted by Gasteiger charge is 2.13. The summed E-state index contributed by atoms with van der Waals surface area (Å²) in [6.07, 6.45) is 4.01. The van der Waals surface area contributed by atoms with Gasteiger partial charge in [0.25, 0.3) is 0 Å². The SMILES string of the molecule is CC.COCCC1CCCO1. The fourth-order valence-corrected chi connectivity index (χ4v) is 1.12.